The van der Waals surface area contributed by atoms with Crippen molar-refractivity contribution in [2.24, 2.45) is 0 Å². The van der Waals surface area contributed by atoms with E-state index in [1.54, 1.807) is 0 Å². The molecule has 49 heavy (non-hydrogen) atoms. The summed E-state index contributed by atoms with van der Waals surface area (Å²) >= 11 is 3.83. The molecular formula is C46H29NS2. The van der Waals surface area contributed by atoms with Crippen molar-refractivity contribution >= 4 is 90.9 Å². The van der Waals surface area contributed by atoms with Crippen LogP contribution in [0.3, 0.4) is 0 Å². The van der Waals surface area contributed by atoms with Gasteiger partial charge in [0.15, 0.2) is 0 Å². The van der Waals surface area contributed by atoms with E-state index in [2.05, 4.69) is 181 Å². The van der Waals surface area contributed by atoms with Gasteiger partial charge in [0, 0.05) is 58.0 Å². The second-order valence-corrected chi connectivity index (χ2v) is 14.5. The maximum Gasteiger partial charge on any atom is 0.0640 e. The van der Waals surface area contributed by atoms with Crippen LogP contribution in [0.25, 0.3) is 73.4 Å². The maximum atomic E-state index is 2.47. The number of para-hydroxylation sites is 2. The third-order valence-corrected chi connectivity index (χ3v) is 12.2. The third-order valence-electron chi connectivity index (χ3n) is 9.65. The van der Waals surface area contributed by atoms with E-state index in [0.29, 0.717) is 0 Å². The molecule has 0 aliphatic heterocycles. The number of thiophene rings is 2. The molecule has 10 rings (SSSR count). The minimum atomic E-state index is 1.15. The fourth-order valence-electron chi connectivity index (χ4n) is 7.46. The minimum absolute atomic E-state index is 1.15. The van der Waals surface area contributed by atoms with E-state index >= 15 is 0 Å². The number of hydrogen-bond acceptors (Lipinski definition) is 3. The third kappa shape index (κ3) is 4.51. The summed E-state index contributed by atoms with van der Waals surface area (Å²) in [6.45, 7) is 0. The Morgan fingerprint density at radius 1 is 0.306 bits per heavy atom. The molecular weight excluding hydrogens is 631 g/mol. The van der Waals surface area contributed by atoms with Crippen LogP contribution in [0.2, 0.25) is 0 Å². The molecule has 0 unspecified atom stereocenters. The Hall–Kier alpha value is -5.74. The first-order valence-electron chi connectivity index (χ1n) is 16.6. The Morgan fingerprint density at radius 2 is 0.776 bits per heavy atom. The first-order chi connectivity index (χ1) is 24.3. The average Bonchev–Trinajstić information content (AvgIpc) is 3.75. The fraction of sp³-hybridized carbons (Fsp3) is 0. The quantitative estimate of drug-likeness (QED) is 0.178. The predicted molar refractivity (Wildman–Crippen MR) is 215 cm³/mol. The summed E-state index contributed by atoms with van der Waals surface area (Å²) in [6.07, 6.45) is 0. The average molecular weight is 660 g/mol. The molecule has 0 spiro atoms. The van der Waals surface area contributed by atoms with E-state index < -0.39 is 0 Å². The van der Waals surface area contributed by atoms with Crippen molar-refractivity contribution in [1.29, 1.82) is 0 Å². The number of fused-ring (bicyclic) bond motifs is 8. The molecule has 0 fully saturated rings. The van der Waals surface area contributed by atoms with Crippen molar-refractivity contribution in [2.75, 3.05) is 4.90 Å². The van der Waals surface area contributed by atoms with Gasteiger partial charge in [-0.25, -0.2) is 0 Å². The molecule has 0 bridgehead atoms. The summed E-state index contributed by atoms with van der Waals surface area (Å²) in [7, 11) is 0. The largest absolute Gasteiger partial charge is 0.309 e. The first-order valence-corrected chi connectivity index (χ1v) is 18.2. The molecule has 3 heteroatoms. The summed E-state index contributed by atoms with van der Waals surface area (Å²) in [4.78, 5) is 2.39. The molecule has 0 saturated heterocycles. The lowest BCUT2D eigenvalue weighted by molar-refractivity contribution is 1.30. The van der Waals surface area contributed by atoms with Gasteiger partial charge in [0.05, 0.1) is 10.4 Å². The number of benzene rings is 8. The molecule has 0 atom stereocenters. The van der Waals surface area contributed by atoms with Crippen molar-refractivity contribution in [3.8, 4) is 22.3 Å². The molecule has 0 aliphatic carbocycles. The Bertz CT molecular complexity index is 2770. The molecule has 0 amide bonds. The lowest BCUT2D eigenvalue weighted by Crippen LogP contribution is -2.09. The molecule has 10 aromatic rings. The summed E-state index contributed by atoms with van der Waals surface area (Å²) in [5.41, 5.74) is 8.63. The van der Waals surface area contributed by atoms with Gasteiger partial charge in [0.2, 0.25) is 0 Å². The zero-order chi connectivity index (χ0) is 32.3. The molecule has 8 aromatic carbocycles. The smallest absolute Gasteiger partial charge is 0.0640 e. The van der Waals surface area contributed by atoms with Gasteiger partial charge >= 0.3 is 0 Å². The highest BCUT2D eigenvalue weighted by Gasteiger charge is 2.21. The van der Waals surface area contributed by atoms with Crippen LogP contribution < -0.4 is 4.90 Å². The van der Waals surface area contributed by atoms with Crippen molar-refractivity contribution in [3.05, 3.63) is 176 Å². The van der Waals surface area contributed by atoms with E-state index in [1.165, 1.54) is 79.1 Å². The van der Waals surface area contributed by atoms with Crippen LogP contribution in [0.5, 0.6) is 0 Å². The van der Waals surface area contributed by atoms with Gasteiger partial charge in [-0.2, -0.15) is 0 Å². The highest BCUT2D eigenvalue weighted by atomic mass is 32.1. The molecule has 230 valence electrons. The van der Waals surface area contributed by atoms with Crippen LogP contribution >= 0.6 is 22.7 Å². The van der Waals surface area contributed by atoms with Crippen LogP contribution in [0.4, 0.5) is 17.1 Å². The number of hydrogen-bond donors (Lipinski definition) is 0. The number of nitrogens with zero attached hydrogens (tertiary/aromatic N) is 1. The topological polar surface area (TPSA) is 3.24 Å². The Labute approximate surface area is 292 Å². The van der Waals surface area contributed by atoms with E-state index in [0.717, 1.165) is 11.4 Å². The second-order valence-electron chi connectivity index (χ2n) is 12.4. The fourth-order valence-corrected chi connectivity index (χ4v) is 10.1. The molecule has 0 N–H and O–H groups in total. The van der Waals surface area contributed by atoms with Crippen molar-refractivity contribution in [2.45, 2.75) is 0 Å². The summed E-state index contributed by atoms with van der Waals surface area (Å²) in [6, 6.07) is 64.0. The van der Waals surface area contributed by atoms with Crippen LogP contribution in [-0.2, 0) is 0 Å². The maximum absolute atomic E-state index is 2.47. The molecule has 2 aromatic heterocycles. The van der Waals surface area contributed by atoms with Gasteiger partial charge in [-0.15, -0.1) is 22.7 Å². The zero-order valence-electron chi connectivity index (χ0n) is 26.5. The molecule has 0 aliphatic rings. The molecule has 1 nitrogen and oxygen atoms in total. The van der Waals surface area contributed by atoms with E-state index in [1.807, 2.05) is 22.7 Å². The van der Waals surface area contributed by atoms with Crippen molar-refractivity contribution < 1.29 is 0 Å². The summed E-state index contributed by atoms with van der Waals surface area (Å²) in [5.74, 6) is 0. The highest BCUT2D eigenvalue weighted by molar-refractivity contribution is 7.27. The Morgan fingerprint density at radius 3 is 1.45 bits per heavy atom. The standard InChI is InChI=1S/C46H29NS2/c1-4-15-30(16-5-1)33-23-12-24-36-37-25-13-26-38(44(37)48-43(33)36)40-29-41-39-27-14-28-42(46(39)49-45(41)35-22-11-10-21-34(35)40)47(31-17-6-2-7-18-31)32-19-8-3-9-20-32/h1-29H. The van der Waals surface area contributed by atoms with Crippen LogP contribution in [-0.4, -0.2) is 0 Å². The van der Waals surface area contributed by atoms with Gasteiger partial charge in [0.1, 0.15) is 0 Å². The van der Waals surface area contributed by atoms with Crippen LogP contribution in [0, 0.1) is 0 Å². The van der Waals surface area contributed by atoms with Gasteiger partial charge in [-0.05, 0) is 58.5 Å². The van der Waals surface area contributed by atoms with E-state index in [4.69, 9.17) is 0 Å². The Kier molecular flexibility index (Phi) is 6.61. The SMILES string of the molecule is c1ccc(-c2cccc3c2sc2c(-c4cc5c6cccc(N(c7ccccc7)c7ccccc7)c6sc5c5ccccc45)cccc23)cc1. The minimum Gasteiger partial charge on any atom is -0.309 e. The lowest BCUT2D eigenvalue weighted by Gasteiger charge is -2.25. The zero-order valence-corrected chi connectivity index (χ0v) is 28.1. The first kappa shape index (κ1) is 28.3. The normalized spacial score (nSPS) is 11.7. The second kappa shape index (κ2) is 11.5. The van der Waals surface area contributed by atoms with Gasteiger partial charge < -0.3 is 4.90 Å². The van der Waals surface area contributed by atoms with Crippen LogP contribution in [0.15, 0.2) is 176 Å². The Balaban J connectivity index is 1.25. The highest BCUT2D eigenvalue weighted by Crippen LogP contribution is 2.50. The van der Waals surface area contributed by atoms with Crippen LogP contribution in [0.1, 0.15) is 0 Å². The monoisotopic (exact) mass is 659 g/mol. The van der Waals surface area contributed by atoms with E-state index in [9.17, 15) is 0 Å². The van der Waals surface area contributed by atoms with Crippen molar-refractivity contribution in [3.63, 3.8) is 0 Å². The number of rotatable bonds is 5. The lowest BCUT2D eigenvalue weighted by atomic mass is 9.94. The van der Waals surface area contributed by atoms with Crippen molar-refractivity contribution in [1.82, 2.24) is 0 Å². The molecule has 0 radical (unpaired) electrons. The molecule has 2 heterocycles. The predicted octanol–water partition coefficient (Wildman–Crippen LogP) is 14.4. The summed E-state index contributed by atoms with van der Waals surface area (Å²) < 4.78 is 5.30. The van der Waals surface area contributed by atoms with Gasteiger partial charge in [-0.3, -0.25) is 0 Å². The van der Waals surface area contributed by atoms with E-state index in [-0.39, 0.29) is 0 Å². The summed E-state index contributed by atoms with van der Waals surface area (Å²) in [5, 5.41) is 7.82. The number of anilines is 3. The van der Waals surface area contributed by atoms with Gasteiger partial charge in [-0.1, -0.05) is 140 Å². The van der Waals surface area contributed by atoms with Gasteiger partial charge in [0.25, 0.3) is 0 Å². The molecule has 0 saturated carbocycles.